The fourth-order valence-electron chi connectivity index (χ4n) is 0.885. The Morgan fingerprint density at radius 3 is 3.08 bits per heavy atom. The van der Waals surface area contributed by atoms with Crippen LogP contribution >= 0.6 is 0 Å². The third-order valence-corrected chi connectivity index (χ3v) is 1.44. The van der Waals surface area contributed by atoms with Crippen molar-refractivity contribution in [1.29, 1.82) is 0 Å². The van der Waals surface area contributed by atoms with Crippen molar-refractivity contribution in [3.8, 4) is 0 Å². The van der Waals surface area contributed by atoms with Gasteiger partial charge in [0.15, 0.2) is 0 Å². The molecule has 4 nitrogen and oxygen atoms in total. The highest BCUT2D eigenvalue weighted by Gasteiger charge is 2.01. The zero-order chi connectivity index (χ0) is 8.97. The quantitative estimate of drug-likeness (QED) is 0.695. The van der Waals surface area contributed by atoms with Gasteiger partial charge >= 0.3 is 5.97 Å². The number of carboxylic acid groups (broad SMARTS) is 1. The SMILES string of the molecule is CNc1ccnc(CC(=O)O)c1. The summed E-state index contributed by atoms with van der Waals surface area (Å²) in [5.41, 5.74) is 1.44. The summed E-state index contributed by atoms with van der Waals surface area (Å²) in [5, 5.41) is 11.4. The number of hydrogen-bond acceptors (Lipinski definition) is 3. The van der Waals surface area contributed by atoms with E-state index in [4.69, 9.17) is 5.11 Å². The molecule has 1 heterocycles. The molecule has 1 aromatic heterocycles. The van der Waals surface area contributed by atoms with Gasteiger partial charge in [0.2, 0.25) is 0 Å². The Balaban J connectivity index is 2.79. The summed E-state index contributed by atoms with van der Waals surface area (Å²) in [5.74, 6) is -0.865. The van der Waals surface area contributed by atoms with Crippen molar-refractivity contribution >= 4 is 11.7 Å². The predicted molar refractivity (Wildman–Crippen MR) is 45.1 cm³/mol. The van der Waals surface area contributed by atoms with E-state index >= 15 is 0 Å². The number of hydrogen-bond donors (Lipinski definition) is 2. The normalized spacial score (nSPS) is 9.42. The van der Waals surface area contributed by atoms with E-state index in [1.54, 1.807) is 25.4 Å². The van der Waals surface area contributed by atoms with Crippen LogP contribution in [-0.2, 0) is 11.2 Å². The lowest BCUT2D eigenvalue weighted by Crippen LogP contribution is -2.02. The van der Waals surface area contributed by atoms with Gasteiger partial charge in [-0.25, -0.2) is 0 Å². The third-order valence-electron chi connectivity index (χ3n) is 1.44. The first-order valence-electron chi connectivity index (χ1n) is 3.57. The Morgan fingerprint density at radius 2 is 2.50 bits per heavy atom. The summed E-state index contributed by atoms with van der Waals surface area (Å²) >= 11 is 0. The van der Waals surface area contributed by atoms with Gasteiger partial charge in [0.1, 0.15) is 0 Å². The number of nitrogens with one attached hydrogen (secondary N) is 1. The number of carboxylic acids is 1. The van der Waals surface area contributed by atoms with Crippen LogP contribution in [0, 0.1) is 0 Å². The lowest BCUT2D eigenvalue weighted by Gasteiger charge is -2.00. The molecule has 64 valence electrons. The number of nitrogens with zero attached hydrogens (tertiary/aromatic N) is 1. The Labute approximate surface area is 70.3 Å². The van der Waals surface area contributed by atoms with Crippen molar-refractivity contribution in [3.63, 3.8) is 0 Å². The van der Waals surface area contributed by atoms with Gasteiger partial charge in [0, 0.05) is 18.9 Å². The van der Waals surface area contributed by atoms with Crippen molar-refractivity contribution in [3.05, 3.63) is 24.0 Å². The van der Waals surface area contributed by atoms with Crippen molar-refractivity contribution in [2.24, 2.45) is 0 Å². The van der Waals surface area contributed by atoms with Crippen molar-refractivity contribution in [1.82, 2.24) is 4.98 Å². The Hall–Kier alpha value is -1.58. The van der Waals surface area contributed by atoms with E-state index in [2.05, 4.69) is 10.3 Å². The lowest BCUT2D eigenvalue weighted by molar-refractivity contribution is -0.136. The van der Waals surface area contributed by atoms with Crippen LogP contribution in [0.5, 0.6) is 0 Å². The molecule has 0 aliphatic heterocycles. The maximum Gasteiger partial charge on any atom is 0.309 e. The number of aliphatic carboxylic acids is 1. The predicted octanol–water partition coefficient (Wildman–Crippen LogP) is 0.750. The second-order valence-corrected chi connectivity index (χ2v) is 2.36. The van der Waals surface area contributed by atoms with Crippen LogP contribution in [0.25, 0.3) is 0 Å². The topological polar surface area (TPSA) is 62.2 Å². The second kappa shape index (κ2) is 3.71. The lowest BCUT2D eigenvalue weighted by atomic mass is 10.2. The van der Waals surface area contributed by atoms with Crippen LogP contribution in [0.2, 0.25) is 0 Å². The average molecular weight is 166 g/mol. The fourth-order valence-corrected chi connectivity index (χ4v) is 0.885. The molecule has 4 heteroatoms. The summed E-state index contributed by atoms with van der Waals surface area (Å²) in [6.45, 7) is 0. The molecule has 0 saturated carbocycles. The molecule has 0 fully saturated rings. The van der Waals surface area contributed by atoms with Gasteiger partial charge < -0.3 is 10.4 Å². The largest absolute Gasteiger partial charge is 0.481 e. The highest BCUT2D eigenvalue weighted by atomic mass is 16.4. The van der Waals surface area contributed by atoms with Crippen molar-refractivity contribution in [2.45, 2.75) is 6.42 Å². The molecule has 0 radical (unpaired) electrons. The zero-order valence-corrected chi connectivity index (χ0v) is 6.74. The molecule has 12 heavy (non-hydrogen) atoms. The number of anilines is 1. The van der Waals surface area contributed by atoms with Crippen LogP contribution in [0.1, 0.15) is 5.69 Å². The van der Waals surface area contributed by atoms with E-state index in [1.165, 1.54) is 0 Å². The third kappa shape index (κ3) is 2.23. The Bertz CT molecular complexity index is 286. The van der Waals surface area contributed by atoms with Crippen molar-refractivity contribution in [2.75, 3.05) is 12.4 Å². The number of carbonyl (C=O) groups is 1. The van der Waals surface area contributed by atoms with Gasteiger partial charge in [-0.3, -0.25) is 9.78 Å². The summed E-state index contributed by atoms with van der Waals surface area (Å²) in [7, 11) is 1.78. The molecule has 1 aromatic rings. The molecule has 0 spiro atoms. The molecule has 0 unspecified atom stereocenters. The first-order chi connectivity index (χ1) is 5.72. The first-order valence-corrected chi connectivity index (χ1v) is 3.57. The fraction of sp³-hybridized carbons (Fsp3) is 0.250. The van der Waals surface area contributed by atoms with Gasteiger partial charge in [0.05, 0.1) is 12.1 Å². The van der Waals surface area contributed by atoms with Crippen LogP contribution in [-0.4, -0.2) is 23.1 Å². The molecule has 0 saturated heterocycles. The summed E-state index contributed by atoms with van der Waals surface area (Å²) in [6, 6.07) is 3.50. The van der Waals surface area contributed by atoms with Crippen LogP contribution in [0.4, 0.5) is 5.69 Å². The smallest absolute Gasteiger partial charge is 0.309 e. The van der Waals surface area contributed by atoms with E-state index in [9.17, 15) is 4.79 Å². The van der Waals surface area contributed by atoms with Crippen molar-refractivity contribution < 1.29 is 9.90 Å². The van der Waals surface area contributed by atoms with Gasteiger partial charge in [-0.15, -0.1) is 0 Å². The minimum atomic E-state index is -0.865. The molecule has 1 rings (SSSR count). The maximum atomic E-state index is 10.3. The summed E-state index contributed by atoms with van der Waals surface area (Å²) in [4.78, 5) is 14.2. The highest BCUT2D eigenvalue weighted by molar-refractivity contribution is 5.70. The zero-order valence-electron chi connectivity index (χ0n) is 6.74. The minimum absolute atomic E-state index is 0.0322. The highest BCUT2D eigenvalue weighted by Crippen LogP contribution is 2.06. The van der Waals surface area contributed by atoms with Crippen LogP contribution in [0.3, 0.4) is 0 Å². The Kier molecular flexibility index (Phi) is 2.63. The molecular weight excluding hydrogens is 156 g/mol. The molecule has 0 atom stereocenters. The van der Waals surface area contributed by atoms with E-state index in [1.807, 2.05) is 0 Å². The molecular formula is C8H10N2O2. The maximum absolute atomic E-state index is 10.3. The van der Waals surface area contributed by atoms with E-state index < -0.39 is 5.97 Å². The number of pyridine rings is 1. The van der Waals surface area contributed by atoms with E-state index in [-0.39, 0.29) is 6.42 Å². The average Bonchev–Trinajstić information content (AvgIpc) is 2.03. The summed E-state index contributed by atoms with van der Waals surface area (Å²) < 4.78 is 0. The molecule has 2 N–H and O–H groups in total. The van der Waals surface area contributed by atoms with Crippen LogP contribution in [0.15, 0.2) is 18.3 Å². The van der Waals surface area contributed by atoms with E-state index in [0.29, 0.717) is 5.69 Å². The first kappa shape index (κ1) is 8.52. The molecule has 0 aliphatic rings. The molecule has 0 aromatic carbocycles. The van der Waals surface area contributed by atoms with Gasteiger partial charge in [-0.2, -0.15) is 0 Å². The molecule has 0 bridgehead atoms. The van der Waals surface area contributed by atoms with Gasteiger partial charge in [0.25, 0.3) is 0 Å². The van der Waals surface area contributed by atoms with E-state index in [0.717, 1.165) is 5.69 Å². The Morgan fingerprint density at radius 1 is 1.75 bits per heavy atom. The minimum Gasteiger partial charge on any atom is -0.481 e. The molecule has 0 amide bonds. The monoisotopic (exact) mass is 166 g/mol. The molecule has 0 aliphatic carbocycles. The van der Waals surface area contributed by atoms with Gasteiger partial charge in [-0.05, 0) is 12.1 Å². The number of rotatable bonds is 3. The standard InChI is InChI=1S/C8H10N2O2/c1-9-6-2-3-10-7(4-6)5-8(11)12/h2-4H,5H2,1H3,(H,9,10)(H,11,12). The summed E-state index contributed by atoms with van der Waals surface area (Å²) in [6.07, 6.45) is 1.56. The second-order valence-electron chi connectivity index (χ2n) is 2.36. The van der Waals surface area contributed by atoms with Gasteiger partial charge in [-0.1, -0.05) is 0 Å². The van der Waals surface area contributed by atoms with Crippen LogP contribution < -0.4 is 5.32 Å². The number of aromatic nitrogens is 1.